The van der Waals surface area contributed by atoms with Gasteiger partial charge in [-0.15, -0.1) is 11.3 Å². The molecular formula is C26H29N3O2S. The molecule has 0 bridgehead atoms. The Hall–Kier alpha value is -2.99. The average Bonchev–Trinajstić information content (AvgIpc) is 3.35. The van der Waals surface area contributed by atoms with Crippen LogP contribution in [0.25, 0.3) is 10.4 Å². The van der Waals surface area contributed by atoms with E-state index in [1.807, 2.05) is 17.0 Å². The van der Waals surface area contributed by atoms with Crippen LogP contribution in [-0.2, 0) is 22.4 Å². The minimum atomic E-state index is -0.600. The van der Waals surface area contributed by atoms with Crippen molar-refractivity contribution in [3.63, 3.8) is 0 Å². The molecule has 0 N–H and O–H groups in total. The van der Waals surface area contributed by atoms with Gasteiger partial charge in [0, 0.05) is 44.5 Å². The molecule has 1 aromatic carbocycles. The van der Waals surface area contributed by atoms with Crippen LogP contribution in [0.2, 0.25) is 0 Å². The van der Waals surface area contributed by atoms with Gasteiger partial charge in [-0.25, -0.2) is 0 Å². The Morgan fingerprint density at radius 2 is 1.91 bits per heavy atom. The number of hydrogen-bond donors (Lipinski definition) is 0. The summed E-state index contributed by atoms with van der Waals surface area (Å²) in [4.78, 5) is 35.3. The smallest absolute Gasteiger partial charge is 0.230 e. The largest absolute Gasteiger partial charge is 0.348 e. The second-order valence-corrected chi connectivity index (χ2v) is 9.74. The van der Waals surface area contributed by atoms with Gasteiger partial charge in [-0.1, -0.05) is 36.4 Å². The van der Waals surface area contributed by atoms with E-state index in [4.69, 9.17) is 0 Å². The van der Waals surface area contributed by atoms with Crippen LogP contribution in [-0.4, -0.2) is 53.8 Å². The summed E-state index contributed by atoms with van der Waals surface area (Å²) in [7, 11) is 3.61. The summed E-state index contributed by atoms with van der Waals surface area (Å²) < 4.78 is 0. The highest BCUT2D eigenvalue weighted by Crippen LogP contribution is 2.36. The lowest BCUT2D eigenvalue weighted by Crippen LogP contribution is -2.54. The van der Waals surface area contributed by atoms with Gasteiger partial charge >= 0.3 is 0 Å². The Kier molecular flexibility index (Phi) is 6.70. The molecule has 5 nitrogen and oxygen atoms in total. The van der Waals surface area contributed by atoms with Gasteiger partial charge in [0.05, 0.1) is 11.8 Å². The summed E-state index contributed by atoms with van der Waals surface area (Å²) in [6.07, 6.45) is 5.99. The first-order valence-electron chi connectivity index (χ1n) is 11.0. The maximum absolute atomic E-state index is 13.4. The topological polar surface area (TPSA) is 53.5 Å². The zero-order chi connectivity index (χ0) is 22.6. The van der Waals surface area contributed by atoms with Crippen molar-refractivity contribution in [2.24, 2.45) is 5.41 Å². The van der Waals surface area contributed by atoms with Crippen molar-refractivity contribution in [2.45, 2.75) is 25.7 Å². The molecule has 3 heterocycles. The Balaban J connectivity index is 1.54. The number of rotatable bonds is 6. The average molecular weight is 448 g/mol. The summed E-state index contributed by atoms with van der Waals surface area (Å²) in [6, 6.07) is 16.4. The fourth-order valence-corrected chi connectivity index (χ4v) is 5.36. The van der Waals surface area contributed by atoms with E-state index >= 15 is 0 Å². The van der Waals surface area contributed by atoms with Gasteiger partial charge < -0.3 is 9.80 Å². The number of thiophene rings is 1. The highest BCUT2D eigenvalue weighted by atomic mass is 32.1. The summed E-state index contributed by atoms with van der Waals surface area (Å²) in [6.45, 7) is 1.15. The lowest BCUT2D eigenvalue weighted by atomic mass is 9.73. The van der Waals surface area contributed by atoms with Crippen LogP contribution in [0, 0.1) is 5.41 Å². The van der Waals surface area contributed by atoms with Crippen LogP contribution in [0.15, 0.2) is 66.3 Å². The lowest BCUT2D eigenvalue weighted by molar-refractivity contribution is -0.147. The summed E-state index contributed by atoms with van der Waals surface area (Å²) in [5.41, 5.74) is 2.61. The third kappa shape index (κ3) is 4.91. The molecule has 0 spiro atoms. The molecule has 0 aliphatic carbocycles. The Labute approximate surface area is 193 Å². The molecule has 32 heavy (non-hydrogen) atoms. The van der Waals surface area contributed by atoms with Crippen LogP contribution < -0.4 is 0 Å². The van der Waals surface area contributed by atoms with Crippen molar-refractivity contribution < 1.29 is 9.59 Å². The SMILES string of the molecule is CN(C)C(=O)[C@@]1(Cc2ccc(-c3cccs3)cc2)CCCN(C(=O)Cc2cccnc2)C1. The van der Waals surface area contributed by atoms with E-state index in [2.05, 4.69) is 46.8 Å². The van der Waals surface area contributed by atoms with Crippen LogP contribution in [0.5, 0.6) is 0 Å². The number of carbonyl (C=O) groups excluding carboxylic acids is 2. The molecule has 1 aliphatic heterocycles. The van der Waals surface area contributed by atoms with Crippen molar-refractivity contribution in [3.8, 4) is 10.4 Å². The molecule has 2 amide bonds. The Bertz CT molecular complexity index is 1050. The van der Waals surface area contributed by atoms with Gasteiger partial charge in [-0.3, -0.25) is 14.6 Å². The molecule has 0 saturated carbocycles. The van der Waals surface area contributed by atoms with Crippen molar-refractivity contribution in [2.75, 3.05) is 27.2 Å². The van der Waals surface area contributed by atoms with Crippen LogP contribution in [0.1, 0.15) is 24.0 Å². The minimum absolute atomic E-state index is 0.0571. The first-order valence-corrected chi connectivity index (χ1v) is 11.9. The van der Waals surface area contributed by atoms with Gasteiger partial charge in [-0.2, -0.15) is 0 Å². The number of aromatic nitrogens is 1. The first-order chi connectivity index (χ1) is 15.5. The molecule has 3 aromatic rings. The Morgan fingerprint density at radius 1 is 1.09 bits per heavy atom. The van der Waals surface area contributed by atoms with Gasteiger partial charge in [0.15, 0.2) is 0 Å². The summed E-state index contributed by atoms with van der Waals surface area (Å²) in [5.74, 6) is 0.153. The second-order valence-electron chi connectivity index (χ2n) is 8.79. The molecule has 0 radical (unpaired) electrons. The number of carbonyl (C=O) groups is 2. The number of hydrogen-bond acceptors (Lipinski definition) is 4. The molecule has 0 unspecified atom stereocenters. The van der Waals surface area contributed by atoms with Gasteiger partial charge in [0.2, 0.25) is 11.8 Å². The number of benzene rings is 1. The van der Waals surface area contributed by atoms with E-state index in [-0.39, 0.29) is 11.8 Å². The monoisotopic (exact) mass is 447 g/mol. The maximum Gasteiger partial charge on any atom is 0.230 e. The number of likely N-dealkylation sites (tertiary alicyclic amines) is 1. The highest BCUT2D eigenvalue weighted by molar-refractivity contribution is 7.13. The van der Waals surface area contributed by atoms with E-state index in [1.54, 1.807) is 42.7 Å². The maximum atomic E-state index is 13.4. The standard InChI is InChI=1S/C26H29N3O2S/c1-28(2)25(31)26(17-20-8-10-22(11-9-20)23-7-4-15-32-23)12-5-14-29(19-26)24(30)16-21-6-3-13-27-18-21/h3-4,6-11,13,15,18H,5,12,14,16-17,19H2,1-2H3/t26-/m1/s1. The zero-order valence-corrected chi connectivity index (χ0v) is 19.5. The quantitative estimate of drug-likeness (QED) is 0.566. The number of amides is 2. The molecule has 166 valence electrons. The fourth-order valence-electron chi connectivity index (χ4n) is 4.62. The molecule has 1 aliphatic rings. The predicted molar refractivity (Wildman–Crippen MR) is 128 cm³/mol. The van der Waals surface area contributed by atoms with Crippen molar-refractivity contribution in [3.05, 3.63) is 77.4 Å². The molecular weight excluding hydrogens is 418 g/mol. The number of piperidine rings is 1. The van der Waals surface area contributed by atoms with Gasteiger partial charge in [0.1, 0.15) is 0 Å². The number of pyridine rings is 1. The third-order valence-corrected chi connectivity index (χ3v) is 7.09. The summed E-state index contributed by atoms with van der Waals surface area (Å²) in [5, 5.41) is 2.08. The minimum Gasteiger partial charge on any atom is -0.348 e. The zero-order valence-electron chi connectivity index (χ0n) is 18.7. The summed E-state index contributed by atoms with van der Waals surface area (Å²) >= 11 is 1.72. The van der Waals surface area contributed by atoms with Gasteiger partial charge in [-0.05, 0) is 53.5 Å². The van der Waals surface area contributed by atoms with E-state index in [0.29, 0.717) is 25.9 Å². The van der Waals surface area contributed by atoms with Crippen molar-refractivity contribution >= 4 is 23.2 Å². The lowest BCUT2D eigenvalue weighted by Gasteiger charge is -2.43. The van der Waals surface area contributed by atoms with Crippen LogP contribution in [0.4, 0.5) is 0 Å². The molecule has 1 atom stereocenters. The Morgan fingerprint density at radius 3 is 2.56 bits per heavy atom. The fraction of sp³-hybridized carbons (Fsp3) is 0.346. The van der Waals surface area contributed by atoms with E-state index in [9.17, 15) is 9.59 Å². The second kappa shape index (κ2) is 9.65. The molecule has 4 rings (SSSR count). The predicted octanol–water partition coefficient (Wildman–Crippen LogP) is 4.29. The number of nitrogens with zero attached hydrogens (tertiary/aromatic N) is 3. The molecule has 2 aromatic heterocycles. The molecule has 6 heteroatoms. The van der Waals surface area contributed by atoms with Crippen LogP contribution in [0.3, 0.4) is 0 Å². The molecule has 1 saturated heterocycles. The van der Waals surface area contributed by atoms with E-state index < -0.39 is 5.41 Å². The van der Waals surface area contributed by atoms with Crippen molar-refractivity contribution in [1.29, 1.82) is 0 Å². The highest BCUT2D eigenvalue weighted by Gasteiger charge is 2.44. The first kappa shape index (κ1) is 22.2. The van der Waals surface area contributed by atoms with Crippen molar-refractivity contribution in [1.82, 2.24) is 14.8 Å². The van der Waals surface area contributed by atoms with E-state index in [1.165, 1.54) is 10.4 Å². The van der Waals surface area contributed by atoms with Crippen LogP contribution >= 0.6 is 11.3 Å². The normalized spacial score (nSPS) is 18.4. The van der Waals surface area contributed by atoms with Gasteiger partial charge in [0.25, 0.3) is 0 Å². The van der Waals surface area contributed by atoms with E-state index in [0.717, 1.165) is 24.0 Å². The molecule has 1 fully saturated rings. The third-order valence-electron chi connectivity index (χ3n) is 6.17.